The molecule has 26 heavy (non-hydrogen) atoms. The summed E-state index contributed by atoms with van der Waals surface area (Å²) in [6.45, 7) is -0.0892. The highest BCUT2D eigenvalue weighted by atomic mass is 32.2. The molecule has 1 saturated carbocycles. The molecule has 2 fully saturated rings. The first-order valence-corrected chi connectivity index (χ1v) is 8.66. The summed E-state index contributed by atoms with van der Waals surface area (Å²) in [5.41, 5.74) is 2.17. The van der Waals surface area contributed by atoms with E-state index in [9.17, 15) is 36.0 Å². The predicted octanol–water partition coefficient (Wildman–Crippen LogP) is -7.83. The Labute approximate surface area is 152 Å². The zero-order valence-electron chi connectivity index (χ0n) is 13.8. The molecule has 10 N–H and O–H groups in total. The molecule has 2 aliphatic rings. The first-order chi connectivity index (χ1) is 12.2. The van der Waals surface area contributed by atoms with E-state index in [2.05, 4.69) is 20.4 Å². The van der Waals surface area contributed by atoms with E-state index in [4.69, 9.17) is 0 Å². The van der Waals surface area contributed by atoms with E-state index in [1.165, 1.54) is 7.11 Å². The van der Waals surface area contributed by atoms with Gasteiger partial charge in [0.2, 0.25) is 5.50 Å². The smallest absolute Gasteiger partial charge is 0.363 e. The van der Waals surface area contributed by atoms with Crippen LogP contribution >= 0.6 is 11.9 Å². The Morgan fingerprint density at radius 1 is 1.23 bits per heavy atom. The van der Waals surface area contributed by atoms with Gasteiger partial charge in [0.1, 0.15) is 24.2 Å². The van der Waals surface area contributed by atoms with E-state index in [0.29, 0.717) is 5.01 Å². The number of hydrogen-bond acceptors (Lipinski definition) is 12. The number of nitrogens with one attached hydrogen (secondary N) is 7. The third-order valence-electron chi connectivity index (χ3n) is 4.54. The Bertz CT molecular complexity index is 457. The lowest BCUT2D eigenvalue weighted by atomic mass is 9.83. The highest BCUT2D eigenvalue weighted by molar-refractivity contribution is 7.97. The van der Waals surface area contributed by atoms with Crippen LogP contribution in [0.5, 0.6) is 0 Å². The number of methoxy groups -OCH3 is 1. The average molecular weight is 402 g/mol. The zero-order chi connectivity index (χ0) is 19.4. The molecule has 7 unspecified atom stereocenters. The first-order valence-electron chi connectivity index (χ1n) is 7.78. The predicted molar refractivity (Wildman–Crippen MR) is 81.4 cm³/mol. The van der Waals surface area contributed by atoms with Crippen LogP contribution in [0.15, 0.2) is 0 Å². The van der Waals surface area contributed by atoms with Gasteiger partial charge >= 0.3 is 5.97 Å². The molecule has 0 aromatic rings. The van der Waals surface area contributed by atoms with Gasteiger partial charge in [-0.1, -0.05) is 5.53 Å². The maximum Gasteiger partial charge on any atom is 0.363 e. The van der Waals surface area contributed by atoms with Crippen LogP contribution in [-0.2, 0) is 9.53 Å². The molecule has 1 aliphatic carbocycles. The quantitative estimate of drug-likeness (QED) is 0.109. The van der Waals surface area contributed by atoms with Crippen molar-refractivity contribution < 1.29 is 45.8 Å². The molecule has 0 bridgehead atoms. The number of esters is 1. The summed E-state index contributed by atoms with van der Waals surface area (Å²) in [4.78, 5) is 14.2. The van der Waals surface area contributed by atoms with Crippen molar-refractivity contribution in [3.8, 4) is 0 Å². The van der Waals surface area contributed by atoms with E-state index in [-0.39, 0.29) is 19.4 Å². The third kappa shape index (κ3) is 5.18. The van der Waals surface area contributed by atoms with Crippen molar-refractivity contribution in [2.75, 3.05) is 13.7 Å². The molecule has 0 radical (unpaired) electrons. The molecule has 1 saturated heterocycles. The van der Waals surface area contributed by atoms with Crippen LogP contribution in [0.4, 0.5) is 0 Å². The molecule has 1 aliphatic heterocycles. The fraction of sp³-hybridized carbons (Fsp3) is 0.900. The van der Waals surface area contributed by atoms with E-state index < -0.39 is 51.3 Å². The largest absolute Gasteiger partial charge is 0.600 e. The summed E-state index contributed by atoms with van der Waals surface area (Å²) in [5, 5.41) is 62.4. The van der Waals surface area contributed by atoms with Crippen LogP contribution in [0, 0.1) is 15.6 Å². The molecule has 0 aromatic heterocycles. The molecule has 152 valence electrons. The lowest BCUT2D eigenvalue weighted by molar-refractivity contribution is -1.11. The molecule has 2 rings (SSSR count). The van der Waals surface area contributed by atoms with Crippen molar-refractivity contribution in [3.63, 3.8) is 0 Å². The number of hydroxylamine groups is 6. The van der Waals surface area contributed by atoms with E-state index in [0.717, 1.165) is 11.9 Å². The molecular weight excluding hydrogens is 378 g/mol. The maximum absolute atomic E-state index is 11.6. The second kappa shape index (κ2) is 9.48. The SMILES string of the molecule is COC(=O)C[NH+]1NNSC1NC1C([NH+]([O-])O)CC([NH+]([O-])O)CC1[NH+]([O-])O. The zero-order valence-corrected chi connectivity index (χ0v) is 14.6. The highest BCUT2D eigenvalue weighted by Gasteiger charge is 2.50. The standard InChI is InChI=1S/C10H23N7O8S/c1-25-8(18)4-14-10(26-13-12-14)11-9-6(16(21)22)2-5(15(19)20)3-7(9)17(23)24/h5-7,9-13,15-17,19,21,23H,2-4H2,1H3/p+1. The van der Waals surface area contributed by atoms with Gasteiger partial charge in [-0.25, -0.2) is 46.4 Å². The minimum absolute atomic E-state index is 0.0892. The van der Waals surface area contributed by atoms with Crippen molar-refractivity contribution in [2.45, 2.75) is 42.5 Å². The van der Waals surface area contributed by atoms with Gasteiger partial charge in [-0.05, 0) is 0 Å². The van der Waals surface area contributed by atoms with E-state index in [1.54, 1.807) is 0 Å². The number of carbonyl (C=O) groups is 1. The van der Waals surface area contributed by atoms with Crippen LogP contribution < -0.4 is 36.4 Å². The number of quaternary nitrogens is 4. The Morgan fingerprint density at radius 2 is 1.81 bits per heavy atom. The molecule has 7 atom stereocenters. The van der Waals surface area contributed by atoms with Gasteiger partial charge in [-0.2, -0.15) is 0 Å². The summed E-state index contributed by atoms with van der Waals surface area (Å²) in [5.74, 6) is -0.511. The summed E-state index contributed by atoms with van der Waals surface area (Å²) in [6, 6.07) is -4.41. The second-order valence-electron chi connectivity index (χ2n) is 6.09. The van der Waals surface area contributed by atoms with Crippen LogP contribution in [0.25, 0.3) is 0 Å². The summed E-state index contributed by atoms with van der Waals surface area (Å²) in [6.07, 6.45) is -0.340. The Balaban J connectivity index is 2.15. The van der Waals surface area contributed by atoms with Crippen LogP contribution in [0.3, 0.4) is 0 Å². The Kier molecular flexibility index (Phi) is 7.88. The average Bonchev–Trinajstić information content (AvgIpc) is 3.00. The van der Waals surface area contributed by atoms with Gasteiger partial charge in [0.05, 0.1) is 20.0 Å². The Morgan fingerprint density at radius 3 is 2.27 bits per heavy atom. The van der Waals surface area contributed by atoms with Crippen LogP contribution in [0.1, 0.15) is 12.8 Å². The second-order valence-corrected chi connectivity index (χ2v) is 7.00. The molecule has 0 amide bonds. The molecule has 16 heteroatoms. The number of hydrazine groups is 1. The fourth-order valence-corrected chi connectivity index (χ4v) is 4.01. The molecule has 1 heterocycles. The molecule has 0 spiro atoms. The highest BCUT2D eigenvalue weighted by Crippen LogP contribution is 2.17. The van der Waals surface area contributed by atoms with Gasteiger partial charge < -0.3 is 20.4 Å². The van der Waals surface area contributed by atoms with Crippen LogP contribution in [-0.4, -0.2) is 64.9 Å². The minimum Gasteiger partial charge on any atom is -0.600 e. The summed E-state index contributed by atoms with van der Waals surface area (Å²) >= 11 is 1.11. The summed E-state index contributed by atoms with van der Waals surface area (Å²) < 4.78 is 4.59. The van der Waals surface area contributed by atoms with Gasteiger partial charge in [-0.15, -0.1) is 4.83 Å². The lowest BCUT2D eigenvalue weighted by Gasteiger charge is -2.44. The number of rotatable bonds is 7. The normalized spacial score (nSPS) is 38.6. The van der Waals surface area contributed by atoms with Crippen molar-refractivity contribution in [1.29, 1.82) is 0 Å². The molecular formula is C10H24N7O8S+. The van der Waals surface area contributed by atoms with Crippen molar-refractivity contribution in [2.24, 2.45) is 0 Å². The van der Waals surface area contributed by atoms with Gasteiger partial charge in [0, 0.05) is 11.9 Å². The van der Waals surface area contributed by atoms with Crippen molar-refractivity contribution in [1.82, 2.24) is 15.7 Å². The van der Waals surface area contributed by atoms with Gasteiger partial charge in [0.15, 0.2) is 6.54 Å². The first kappa shape index (κ1) is 21.6. The minimum atomic E-state index is -1.27. The summed E-state index contributed by atoms with van der Waals surface area (Å²) in [7, 11) is 1.23. The van der Waals surface area contributed by atoms with Gasteiger partial charge in [-0.3, -0.25) is 0 Å². The monoisotopic (exact) mass is 402 g/mol. The number of hydrogen-bond donors (Lipinski definition) is 10. The van der Waals surface area contributed by atoms with Crippen LogP contribution in [0.2, 0.25) is 0 Å². The number of ether oxygens (including phenoxy) is 1. The van der Waals surface area contributed by atoms with E-state index in [1.807, 2.05) is 0 Å². The lowest BCUT2D eigenvalue weighted by Crippen LogP contribution is -3.24. The molecule has 0 aromatic carbocycles. The fourth-order valence-electron chi connectivity index (χ4n) is 3.19. The topological polar surface area (TPSA) is 210 Å². The Hall–Kier alpha value is -0.700. The van der Waals surface area contributed by atoms with Crippen molar-refractivity contribution >= 4 is 17.9 Å². The number of carbonyl (C=O) groups excluding carboxylic acids is 1. The van der Waals surface area contributed by atoms with E-state index >= 15 is 0 Å². The third-order valence-corrected chi connectivity index (χ3v) is 5.41. The maximum atomic E-state index is 11.6. The van der Waals surface area contributed by atoms with Gasteiger partial charge in [0.25, 0.3) is 0 Å². The van der Waals surface area contributed by atoms with Crippen molar-refractivity contribution in [3.05, 3.63) is 15.6 Å². The molecule has 15 nitrogen and oxygen atoms in total.